The van der Waals surface area contributed by atoms with Crippen LogP contribution in [0.2, 0.25) is 0 Å². The molecule has 20 heavy (non-hydrogen) atoms. The summed E-state index contributed by atoms with van der Waals surface area (Å²) < 4.78 is 27.1. The second-order valence-electron chi connectivity index (χ2n) is 5.98. The number of nitrogens with one attached hydrogen (secondary N) is 2. The summed E-state index contributed by atoms with van der Waals surface area (Å²) in [4.78, 5) is 0.342. The number of hydrogen-bond acceptors (Lipinski definition) is 3. The van der Waals surface area contributed by atoms with Crippen LogP contribution in [0.4, 0.5) is 0 Å². The highest BCUT2D eigenvalue weighted by Crippen LogP contribution is 2.44. The van der Waals surface area contributed by atoms with E-state index in [4.69, 9.17) is 0 Å². The van der Waals surface area contributed by atoms with E-state index in [0.717, 1.165) is 24.9 Å². The van der Waals surface area contributed by atoms with Gasteiger partial charge in [0.1, 0.15) is 0 Å². The second-order valence-corrected chi connectivity index (χ2v) is 7.75. The summed E-state index contributed by atoms with van der Waals surface area (Å²) in [6.45, 7) is 7.65. The third kappa shape index (κ3) is 3.81. The molecule has 1 fully saturated rings. The lowest BCUT2D eigenvalue weighted by Gasteiger charge is -2.14. The molecule has 0 spiro atoms. The Hall–Kier alpha value is -0.910. The van der Waals surface area contributed by atoms with Crippen molar-refractivity contribution in [1.82, 2.24) is 10.0 Å². The van der Waals surface area contributed by atoms with Gasteiger partial charge in [0.15, 0.2) is 0 Å². The summed E-state index contributed by atoms with van der Waals surface area (Å²) >= 11 is 0. The van der Waals surface area contributed by atoms with Gasteiger partial charge in [0, 0.05) is 12.6 Å². The van der Waals surface area contributed by atoms with E-state index in [2.05, 4.69) is 30.8 Å². The van der Waals surface area contributed by atoms with Gasteiger partial charge in [-0.1, -0.05) is 26.0 Å². The smallest absolute Gasteiger partial charge is 0.240 e. The van der Waals surface area contributed by atoms with E-state index in [0.29, 0.717) is 11.4 Å². The normalized spacial score (nSPS) is 18.8. The van der Waals surface area contributed by atoms with Crippen LogP contribution in [0.25, 0.3) is 0 Å². The highest BCUT2D eigenvalue weighted by molar-refractivity contribution is 7.89. The third-order valence-corrected chi connectivity index (χ3v) is 5.41. The Kier molecular flexibility index (Phi) is 4.52. The van der Waals surface area contributed by atoms with Crippen LogP contribution in [-0.4, -0.2) is 21.5 Å². The van der Waals surface area contributed by atoms with E-state index in [1.54, 1.807) is 12.1 Å². The van der Waals surface area contributed by atoms with Crippen LogP contribution < -0.4 is 10.0 Å². The van der Waals surface area contributed by atoms with Gasteiger partial charge in [-0.25, -0.2) is 13.1 Å². The summed E-state index contributed by atoms with van der Waals surface area (Å²) in [5.74, 6) is 0. The van der Waals surface area contributed by atoms with Crippen molar-refractivity contribution >= 4 is 10.0 Å². The molecule has 1 aromatic carbocycles. The molecule has 0 heterocycles. The second kappa shape index (κ2) is 5.84. The molecule has 0 bridgehead atoms. The lowest BCUT2D eigenvalue weighted by atomic mass is 10.1. The predicted octanol–water partition coefficient (Wildman–Crippen LogP) is 2.44. The Bertz CT molecular complexity index is 548. The largest absolute Gasteiger partial charge is 0.310 e. The van der Waals surface area contributed by atoms with Gasteiger partial charge in [-0.2, -0.15) is 0 Å². The number of benzene rings is 1. The van der Waals surface area contributed by atoms with Crippen LogP contribution in [0.15, 0.2) is 29.2 Å². The minimum Gasteiger partial charge on any atom is -0.310 e. The van der Waals surface area contributed by atoms with Crippen molar-refractivity contribution in [2.75, 3.05) is 13.1 Å². The monoisotopic (exact) mass is 296 g/mol. The van der Waals surface area contributed by atoms with Gasteiger partial charge in [-0.3, -0.25) is 0 Å². The average molecular weight is 296 g/mol. The fourth-order valence-corrected chi connectivity index (χ4v) is 3.30. The van der Waals surface area contributed by atoms with Gasteiger partial charge in [0.25, 0.3) is 0 Å². The minimum atomic E-state index is -3.38. The van der Waals surface area contributed by atoms with Crippen molar-refractivity contribution in [3.05, 3.63) is 29.8 Å². The molecule has 1 aliphatic carbocycles. The first-order valence-electron chi connectivity index (χ1n) is 7.19. The Balaban J connectivity index is 2.04. The average Bonchev–Trinajstić information content (AvgIpc) is 3.16. The van der Waals surface area contributed by atoms with Crippen molar-refractivity contribution in [3.63, 3.8) is 0 Å². The van der Waals surface area contributed by atoms with E-state index in [-0.39, 0.29) is 11.5 Å². The number of hydrogen-bond donors (Lipinski definition) is 2. The molecule has 4 nitrogen and oxygen atoms in total. The van der Waals surface area contributed by atoms with Crippen LogP contribution in [-0.2, 0) is 10.0 Å². The molecule has 112 valence electrons. The molecule has 1 atom stereocenters. The van der Waals surface area contributed by atoms with Crippen molar-refractivity contribution in [1.29, 1.82) is 0 Å². The lowest BCUT2D eigenvalue weighted by molar-refractivity contribution is 0.530. The van der Waals surface area contributed by atoms with Crippen molar-refractivity contribution in [2.24, 2.45) is 5.41 Å². The van der Waals surface area contributed by atoms with Crippen LogP contribution in [0.1, 0.15) is 45.2 Å². The van der Waals surface area contributed by atoms with Gasteiger partial charge >= 0.3 is 0 Å². The maximum absolute atomic E-state index is 12.2. The zero-order valence-electron chi connectivity index (χ0n) is 12.4. The molecule has 0 radical (unpaired) electrons. The number of rotatable bonds is 7. The molecule has 1 unspecified atom stereocenters. The first-order chi connectivity index (χ1) is 9.36. The summed E-state index contributed by atoms with van der Waals surface area (Å²) in [6.07, 6.45) is 2.21. The number of sulfonamides is 1. The highest BCUT2D eigenvalue weighted by Gasteiger charge is 2.38. The van der Waals surface area contributed by atoms with Crippen molar-refractivity contribution < 1.29 is 8.42 Å². The van der Waals surface area contributed by atoms with Crippen LogP contribution in [0.3, 0.4) is 0 Å². The first kappa shape index (κ1) is 15.5. The van der Waals surface area contributed by atoms with Crippen molar-refractivity contribution in [2.45, 2.75) is 44.6 Å². The molecule has 1 aromatic rings. The molecule has 5 heteroatoms. The Labute approximate surface area is 122 Å². The predicted molar refractivity (Wildman–Crippen MR) is 81.1 cm³/mol. The quantitative estimate of drug-likeness (QED) is 0.812. The molecule has 1 aliphatic rings. The summed E-state index contributed by atoms with van der Waals surface area (Å²) in [7, 11) is -3.38. The van der Waals surface area contributed by atoms with Crippen LogP contribution >= 0.6 is 0 Å². The van der Waals surface area contributed by atoms with E-state index < -0.39 is 10.0 Å². The summed E-state index contributed by atoms with van der Waals surface area (Å²) in [5, 5.41) is 3.31. The molecular weight excluding hydrogens is 272 g/mol. The van der Waals surface area contributed by atoms with E-state index in [9.17, 15) is 8.42 Å². The van der Waals surface area contributed by atoms with Crippen molar-refractivity contribution in [3.8, 4) is 0 Å². The van der Waals surface area contributed by atoms with Gasteiger partial charge in [-0.05, 0) is 49.4 Å². The first-order valence-corrected chi connectivity index (χ1v) is 8.68. The zero-order chi connectivity index (χ0) is 14.8. The molecule has 1 saturated carbocycles. The Morgan fingerprint density at radius 3 is 2.35 bits per heavy atom. The molecule has 2 N–H and O–H groups in total. The molecule has 0 aromatic heterocycles. The summed E-state index contributed by atoms with van der Waals surface area (Å²) in [5.41, 5.74) is 1.27. The van der Waals surface area contributed by atoms with Gasteiger partial charge in [-0.15, -0.1) is 0 Å². The molecular formula is C15H24N2O2S. The fraction of sp³-hybridized carbons (Fsp3) is 0.600. The maximum Gasteiger partial charge on any atom is 0.240 e. The van der Waals surface area contributed by atoms with Crippen LogP contribution in [0, 0.1) is 5.41 Å². The van der Waals surface area contributed by atoms with E-state index in [1.807, 2.05) is 12.1 Å². The van der Waals surface area contributed by atoms with E-state index in [1.165, 1.54) is 0 Å². The fourth-order valence-electron chi connectivity index (χ4n) is 2.10. The lowest BCUT2D eigenvalue weighted by Crippen LogP contribution is -2.29. The maximum atomic E-state index is 12.2. The Morgan fingerprint density at radius 2 is 1.85 bits per heavy atom. The molecule has 0 amide bonds. The van der Waals surface area contributed by atoms with Gasteiger partial charge in [0.05, 0.1) is 4.90 Å². The van der Waals surface area contributed by atoms with Gasteiger partial charge in [0.2, 0.25) is 10.0 Å². The standard InChI is InChI=1S/C15H24N2O2S/c1-4-16-12(2)13-5-7-14(8-6-13)20(18,19)17-11-15(3)9-10-15/h5-8,12,16-17H,4,9-11H2,1-3H3. The Morgan fingerprint density at radius 1 is 1.25 bits per heavy atom. The summed E-state index contributed by atoms with van der Waals surface area (Å²) in [6, 6.07) is 7.35. The zero-order valence-corrected chi connectivity index (χ0v) is 13.3. The third-order valence-electron chi connectivity index (χ3n) is 3.99. The van der Waals surface area contributed by atoms with E-state index >= 15 is 0 Å². The minimum absolute atomic E-state index is 0.173. The van der Waals surface area contributed by atoms with Crippen LogP contribution in [0.5, 0.6) is 0 Å². The molecule has 0 saturated heterocycles. The van der Waals surface area contributed by atoms with Gasteiger partial charge < -0.3 is 5.32 Å². The SMILES string of the molecule is CCNC(C)c1ccc(S(=O)(=O)NCC2(C)CC2)cc1. The topological polar surface area (TPSA) is 58.2 Å². The molecule has 0 aliphatic heterocycles. The highest BCUT2D eigenvalue weighted by atomic mass is 32.2. The molecule has 2 rings (SSSR count).